The van der Waals surface area contributed by atoms with Crippen molar-refractivity contribution >= 4 is 23.4 Å². The van der Waals surface area contributed by atoms with E-state index in [9.17, 15) is 9.59 Å². The largest absolute Gasteiger partial charge is 0.495 e. The van der Waals surface area contributed by atoms with Gasteiger partial charge in [0.15, 0.2) is 0 Å². The summed E-state index contributed by atoms with van der Waals surface area (Å²) in [5, 5.41) is 5.69. The Morgan fingerprint density at radius 2 is 1.74 bits per heavy atom. The summed E-state index contributed by atoms with van der Waals surface area (Å²) in [6.07, 6.45) is -0.447. The zero-order valence-corrected chi connectivity index (χ0v) is 19.9. The fraction of sp³-hybridized carbons (Fsp3) is 0.652. The highest BCUT2D eigenvalue weighted by Crippen LogP contribution is 2.29. The van der Waals surface area contributed by atoms with Gasteiger partial charge < -0.3 is 19.5 Å². The molecule has 2 N–H and O–H groups in total. The predicted octanol–water partition coefficient (Wildman–Crippen LogP) is 4.11. The van der Waals surface area contributed by atoms with E-state index in [2.05, 4.69) is 15.5 Å². The fourth-order valence-electron chi connectivity index (χ4n) is 3.85. The maximum absolute atomic E-state index is 13.2. The lowest BCUT2D eigenvalue weighted by molar-refractivity contribution is -0.130. The number of methoxy groups -OCH3 is 1. The summed E-state index contributed by atoms with van der Waals surface area (Å²) in [6.45, 7) is 14.9. The van der Waals surface area contributed by atoms with Crippen LogP contribution in [-0.2, 0) is 14.3 Å². The Hall–Kier alpha value is -2.32. The molecule has 8 nitrogen and oxygen atoms in total. The second kappa shape index (κ2) is 10.3. The van der Waals surface area contributed by atoms with Gasteiger partial charge in [0.05, 0.1) is 31.0 Å². The van der Waals surface area contributed by atoms with Gasteiger partial charge >= 0.3 is 6.09 Å². The third-order valence-corrected chi connectivity index (χ3v) is 4.84. The molecule has 2 amide bonds. The molecule has 31 heavy (non-hydrogen) atoms. The Balaban J connectivity index is 2.18. The fourth-order valence-corrected chi connectivity index (χ4v) is 3.85. The van der Waals surface area contributed by atoms with Crippen molar-refractivity contribution in [1.29, 1.82) is 0 Å². The van der Waals surface area contributed by atoms with E-state index in [0.29, 0.717) is 30.2 Å². The average molecular weight is 436 g/mol. The lowest BCUT2D eigenvalue weighted by Crippen LogP contribution is -2.55. The molecule has 1 aromatic carbocycles. The second-order valence-corrected chi connectivity index (χ2v) is 9.43. The minimum atomic E-state index is -0.625. The number of nitrogens with one attached hydrogen (secondary N) is 2. The highest BCUT2D eigenvalue weighted by molar-refractivity contribution is 5.96. The SMILES string of the molecule is COc1ccc(NC(=O)C(C(C)C)N2CC(C)OC(C)C2)cc1NC(=O)OC(C)(C)C. The van der Waals surface area contributed by atoms with Crippen LogP contribution in [0.5, 0.6) is 5.75 Å². The Labute approximate surface area is 185 Å². The smallest absolute Gasteiger partial charge is 0.412 e. The van der Waals surface area contributed by atoms with Crippen molar-refractivity contribution in [2.45, 2.75) is 72.3 Å². The summed E-state index contributed by atoms with van der Waals surface area (Å²) in [4.78, 5) is 27.6. The quantitative estimate of drug-likeness (QED) is 0.699. The zero-order chi connectivity index (χ0) is 23.3. The van der Waals surface area contributed by atoms with Crippen molar-refractivity contribution in [1.82, 2.24) is 4.90 Å². The van der Waals surface area contributed by atoms with Crippen molar-refractivity contribution < 1.29 is 23.8 Å². The van der Waals surface area contributed by atoms with Crippen LogP contribution in [0.15, 0.2) is 18.2 Å². The topological polar surface area (TPSA) is 89.1 Å². The number of anilines is 2. The molecule has 8 heteroatoms. The molecule has 3 unspecified atom stereocenters. The molecule has 2 rings (SSSR count). The van der Waals surface area contributed by atoms with E-state index in [0.717, 1.165) is 0 Å². The predicted molar refractivity (Wildman–Crippen MR) is 122 cm³/mol. The first-order valence-corrected chi connectivity index (χ1v) is 10.8. The number of carbonyl (C=O) groups excluding carboxylic acids is 2. The summed E-state index contributed by atoms with van der Waals surface area (Å²) in [5.41, 5.74) is 0.362. The number of benzene rings is 1. The van der Waals surface area contributed by atoms with E-state index in [1.807, 2.05) is 27.7 Å². The van der Waals surface area contributed by atoms with Gasteiger partial charge in [-0.25, -0.2) is 4.79 Å². The third kappa shape index (κ3) is 7.40. The molecule has 1 saturated heterocycles. The molecular formula is C23H37N3O5. The molecule has 1 heterocycles. The van der Waals surface area contributed by atoms with Gasteiger partial charge in [0, 0.05) is 18.8 Å². The molecule has 1 aliphatic rings. The minimum absolute atomic E-state index is 0.0726. The lowest BCUT2D eigenvalue weighted by atomic mass is 9.99. The summed E-state index contributed by atoms with van der Waals surface area (Å²) in [7, 11) is 1.52. The number of nitrogens with zero attached hydrogens (tertiary/aromatic N) is 1. The molecule has 1 aliphatic heterocycles. The van der Waals surface area contributed by atoms with E-state index in [4.69, 9.17) is 14.2 Å². The van der Waals surface area contributed by atoms with E-state index < -0.39 is 11.7 Å². The van der Waals surface area contributed by atoms with Gasteiger partial charge in [0.1, 0.15) is 11.4 Å². The van der Waals surface area contributed by atoms with Gasteiger partial charge in [-0.05, 0) is 58.7 Å². The third-order valence-electron chi connectivity index (χ3n) is 4.84. The monoisotopic (exact) mass is 435 g/mol. The van der Waals surface area contributed by atoms with Crippen LogP contribution in [0.3, 0.4) is 0 Å². The number of rotatable bonds is 6. The van der Waals surface area contributed by atoms with Crippen molar-refractivity contribution in [2.75, 3.05) is 30.8 Å². The van der Waals surface area contributed by atoms with Crippen LogP contribution in [0.1, 0.15) is 48.5 Å². The molecule has 0 radical (unpaired) electrons. The maximum atomic E-state index is 13.2. The van der Waals surface area contributed by atoms with Crippen molar-refractivity contribution in [2.24, 2.45) is 5.92 Å². The molecule has 1 aromatic rings. The normalized spacial score (nSPS) is 20.8. The number of carbonyl (C=O) groups is 2. The molecule has 0 aliphatic carbocycles. The number of amides is 2. The van der Waals surface area contributed by atoms with Gasteiger partial charge in [0.2, 0.25) is 5.91 Å². The van der Waals surface area contributed by atoms with E-state index in [1.54, 1.807) is 39.0 Å². The Bertz CT molecular complexity index is 765. The van der Waals surface area contributed by atoms with Gasteiger partial charge in [-0.1, -0.05) is 13.8 Å². The zero-order valence-electron chi connectivity index (χ0n) is 19.9. The lowest BCUT2D eigenvalue weighted by Gasteiger charge is -2.41. The van der Waals surface area contributed by atoms with E-state index in [-0.39, 0.29) is 30.1 Å². The molecule has 0 bridgehead atoms. The highest BCUT2D eigenvalue weighted by atomic mass is 16.6. The van der Waals surface area contributed by atoms with Crippen LogP contribution in [0.4, 0.5) is 16.2 Å². The molecule has 0 aromatic heterocycles. The summed E-state index contributed by atoms with van der Waals surface area (Å²) < 4.78 is 16.5. The maximum Gasteiger partial charge on any atom is 0.412 e. The van der Waals surface area contributed by atoms with Crippen LogP contribution >= 0.6 is 0 Å². The van der Waals surface area contributed by atoms with Gasteiger partial charge in [-0.2, -0.15) is 0 Å². The molecular weight excluding hydrogens is 398 g/mol. The van der Waals surface area contributed by atoms with Crippen LogP contribution < -0.4 is 15.4 Å². The van der Waals surface area contributed by atoms with Crippen molar-refractivity contribution in [3.8, 4) is 5.75 Å². The van der Waals surface area contributed by atoms with Gasteiger partial charge in [-0.3, -0.25) is 15.0 Å². The molecule has 0 saturated carbocycles. The first-order valence-electron chi connectivity index (χ1n) is 10.8. The van der Waals surface area contributed by atoms with Crippen molar-refractivity contribution in [3.63, 3.8) is 0 Å². The van der Waals surface area contributed by atoms with Gasteiger partial charge in [-0.15, -0.1) is 0 Å². The minimum Gasteiger partial charge on any atom is -0.495 e. The average Bonchev–Trinajstić information content (AvgIpc) is 2.59. The Kier molecular flexibility index (Phi) is 8.31. The number of hydrogen-bond donors (Lipinski definition) is 2. The second-order valence-electron chi connectivity index (χ2n) is 9.43. The number of morpholine rings is 1. The van der Waals surface area contributed by atoms with E-state index >= 15 is 0 Å². The summed E-state index contributed by atoms with van der Waals surface area (Å²) in [5.74, 6) is 0.500. The van der Waals surface area contributed by atoms with E-state index in [1.165, 1.54) is 7.11 Å². The Morgan fingerprint density at radius 3 is 2.26 bits per heavy atom. The molecule has 3 atom stereocenters. The molecule has 0 spiro atoms. The van der Waals surface area contributed by atoms with Crippen molar-refractivity contribution in [3.05, 3.63) is 18.2 Å². The summed E-state index contributed by atoms with van der Waals surface area (Å²) >= 11 is 0. The first kappa shape index (κ1) is 24.9. The summed E-state index contributed by atoms with van der Waals surface area (Å²) in [6, 6.07) is 4.82. The Morgan fingerprint density at radius 1 is 1.13 bits per heavy atom. The van der Waals surface area contributed by atoms with Gasteiger partial charge in [0.25, 0.3) is 0 Å². The highest BCUT2D eigenvalue weighted by Gasteiger charge is 2.34. The van der Waals surface area contributed by atoms with Crippen LogP contribution in [0, 0.1) is 5.92 Å². The van der Waals surface area contributed by atoms with Crippen LogP contribution in [0.2, 0.25) is 0 Å². The van der Waals surface area contributed by atoms with Crippen LogP contribution in [-0.4, -0.2) is 61.0 Å². The standard InChI is InChI=1S/C23H37N3O5/c1-14(2)20(26-12-15(3)30-16(4)13-26)21(27)24-17-9-10-19(29-8)18(11-17)25-22(28)31-23(5,6)7/h9-11,14-16,20H,12-13H2,1-8H3,(H,24,27)(H,25,28). The van der Waals surface area contributed by atoms with Crippen LogP contribution in [0.25, 0.3) is 0 Å². The molecule has 1 fully saturated rings. The molecule has 174 valence electrons. The number of hydrogen-bond acceptors (Lipinski definition) is 6. The number of ether oxygens (including phenoxy) is 3. The first-order chi connectivity index (χ1) is 14.4.